The van der Waals surface area contributed by atoms with Crippen LogP contribution in [0.3, 0.4) is 0 Å². The Morgan fingerprint density at radius 1 is 0.891 bits per heavy atom. The van der Waals surface area contributed by atoms with E-state index in [1.165, 1.54) is 6.92 Å². The average Bonchev–Trinajstić information content (AvgIpc) is 3.45. The van der Waals surface area contributed by atoms with Crippen LogP contribution in [0.25, 0.3) is 5.57 Å². The number of carbonyl (C=O) groups excluding carboxylic acids is 2. The van der Waals surface area contributed by atoms with Gasteiger partial charge in [0, 0.05) is 18.2 Å². The van der Waals surface area contributed by atoms with Crippen LogP contribution in [0.5, 0.6) is 0 Å². The number of anilines is 1. The Bertz CT molecular complexity index is 1350. The van der Waals surface area contributed by atoms with E-state index in [1.807, 2.05) is 26.8 Å². The van der Waals surface area contributed by atoms with Gasteiger partial charge in [0.2, 0.25) is 5.91 Å². The molecule has 3 aliphatic carbocycles. The van der Waals surface area contributed by atoms with Crippen LogP contribution in [0.2, 0.25) is 0 Å². The number of hydroxylamine groups is 1. The fraction of sp³-hybridized carbons (Fsp3) is 0.676. The second-order valence-corrected chi connectivity index (χ2v) is 14.5. The number of hydrogen-bond donors (Lipinski definition) is 3. The number of aromatic amines is 1. The van der Waals surface area contributed by atoms with Crippen LogP contribution in [0, 0.1) is 42.4 Å². The SMILES string of the molecule is CCONC1=CC(=C(C)c2[nH]c(NC(C)=O)c(C(=O)OC3C(C)CC(C)CC3C)c2C)C(C)=C1COOC1C(C)CC(C)CC1C. The number of carbonyl (C=O) groups is 2. The van der Waals surface area contributed by atoms with Crippen molar-refractivity contribution in [1.82, 2.24) is 10.5 Å². The first-order valence-corrected chi connectivity index (χ1v) is 17.2. The summed E-state index contributed by atoms with van der Waals surface area (Å²) in [5.74, 6) is 2.35. The van der Waals surface area contributed by atoms with Crippen LogP contribution >= 0.6 is 0 Å². The molecule has 3 aliphatic rings. The number of hydrogen-bond acceptors (Lipinski definition) is 7. The molecule has 2 saturated carbocycles. The molecule has 46 heavy (non-hydrogen) atoms. The largest absolute Gasteiger partial charge is 0.458 e. The van der Waals surface area contributed by atoms with E-state index in [-0.39, 0.29) is 36.6 Å². The summed E-state index contributed by atoms with van der Waals surface area (Å²) in [5, 5.41) is 2.84. The molecule has 4 rings (SSSR count). The van der Waals surface area contributed by atoms with Gasteiger partial charge in [-0.05, 0) is 117 Å². The van der Waals surface area contributed by atoms with Gasteiger partial charge in [0.15, 0.2) is 0 Å². The lowest BCUT2D eigenvalue weighted by Crippen LogP contribution is -2.37. The number of rotatable bonds is 11. The number of H-pyrrole nitrogens is 1. The number of aromatic nitrogens is 1. The predicted molar refractivity (Wildman–Crippen MR) is 181 cm³/mol. The fourth-order valence-electron chi connectivity index (χ4n) is 8.31. The third kappa shape index (κ3) is 7.97. The van der Waals surface area contributed by atoms with Crippen LogP contribution in [-0.2, 0) is 24.1 Å². The maximum absolute atomic E-state index is 13.8. The molecule has 0 radical (unpaired) electrons. The summed E-state index contributed by atoms with van der Waals surface area (Å²) in [6.45, 7) is 23.4. The summed E-state index contributed by atoms with van der Waals surface area (Å²) in [7, 11) is 0. The molecule has 0 bridgehead atoms. The Labute approximate surface area is 275 Å². The van der Waals surface area contributed by atoms with Gasteiger partial charge in [-0.1, -0.05) is 41.5 Å². The Hall–Kier alpha value is -2.88. The van der Waals surface area contributed by atoms with E-state index < -0.39 is 5.97 Å². The number of allylic oxidation sites excluding steroid dienone is 4. The van der Waals surface area contributed by atoms with Gasteiger partial charge in [0.25, 0.3) is 0 Å². The van der Waals surface area contributed by atoms with Gasteiger partial charge < -0.3 is 15.0 Å². The van der Waals surface area contributed by atoms with Crippen LogP contribution in [0.1, 0.15) is 117 Å². The van der Waals surface area contributed by atoms with Crippen molar-refractivity contribution in [2.75, 3.05) is 18.5 Å². The zero-order valence-corrected chi connectivity index (χ0v) is 29.9. The molecule has 2 fully saturated rings. The zero-order valence-electron chi connectivity index (χ0n) is 29.9. The number of ether oxygens (including phenoxy) is 1. The van der Waals surface area contributed by atoms with Crippen LogP contribution in [0.15, 0.2) is 28.5 Å². The van der Waals surface area contributed by atoms with Crippen LogP contribution in [0.4, 0.5) is 5.82 Å². The van der Waals surface area contributed by atoms with E-state index in [0.717, 1.165) is 64.9 Å². The second-order valence-electron chi connectivity index (χ2n) is 14.5. The highest BCUT2D eigenvalue weighted by Gasteiger charge is 2.36. The Morgan fingerprint density at radius 3 is 2.00 bits per heavy atom. The third-order valence-corrected chi connectivity index (χ3v) is 10.3. The van der Waals surface area contributed by atoms with E-state index in [1.54, 1.807) is 0 Å². The topological polar surface area (TPSA) is 111 Å². The first-order chi connectivity index (χ1) is 21.7. The molecular weight excluding hydrogens is 582 g/mol. The molecule has 0 aliphatic heterocycles. The molecular formula is C37H57N3O6. The summed E-state index contributed by atoms with van der Waals surface area (Å²) in [6, 6.07) is 0. The van der Waals surface area contributed by atoms with Crippen molar-refractivity contribution in [3.8, 4) is 0 Å². The first-order valence-electron chi connectivity index (χ1n) is 17.2. The van der Waals surface area contributed by atoms with E-state index in [0.29, 0.717) is 41.7 Å². The molecule has 256 valence electrons. The molecule has 3 N–H and O–H groups in total. The number of amides is 1. The maximum Gasteiger partial charge on any atom is 0.342 e. The standard InChI is InChI=1S/C37H57N3O6/c1-12-43-40-31-17-29(25(8)30(31)18-44-46-35-23(6)15-20(3)16-24(35)7)26(9)33-27(10)32(36(39-33)38-28(11)41)37(42)45-34-21(4)13-19(2)14-22(34)5/h17,19-24,34-35,39-40H,12-16,18H2,1-11H3,(H,38,41). The molecule has 4 unspecified atom stereocenters. The quantitative estimate of drug-likeness (QED) is 0.128. The zero-order chi connectivity index (χ0) is 33.9. The predicted octanol–water partition coefficient (Wildman–Crippen LogP) is 8.06. The molecule has 1 amide bonds. The normalized spacial score (nSPS) is 31.1. The minimum Gasteiger partial charge on any atom is -0.458 e. The lowest BCUT2D eigenvalue weighted by atomic mass is 9.75. The smallest absolute Gasteiger partial charge is 0.342 e. The van der Waals surface area contributed by atoms with Crippen molar-refractivity contribution in [2.45, 2.75) is 114 Å². The summed E-state index contributed by atoms with van der Waals surface area (Å²) < 4.78 is 6.18. The molecule has 9 nitrogen and oxygen atoms in total. The van der Waals surface area contributed by atoms with Gasteiger partial charge in [0.1, 0.15) is 24.1 Å². The highest BCUT2D eigenvalue weighted by atomic mass is 17.2. The molecule has 4 atom stereocenters. The highest BCUT2D eigenvalue weighted by Crippen LogP contribution is 2.40. The van der Waals surface area contributed by atoms with Crippen molar-refractivity contribution >= 4 is 23.3 Å². The molecule has 1 aromatic heterocycles. The van der Waals surface area contributed by atoms with Gasteiger partial charge >= 0.3 is 5.97 Å². The monoisotopic (exact) mass is 639 g/mol. The third-order valence-electron chi connectivity index (χ3n) is 10.3. The summed E-state index contributed by atoms with van der Waals surface area (Å²) in [4.78, 5) is 46.9. The van der Waals surface area contributed by atoms with E-state index in [4.69, 9.17) is 19.3 Å². The summed E-state index contributed by atoms with van der Waals surface area (Å²) >= 11 is 0. The van der Waals surface area contributed by atoms with Gasteiger partial charge in [-0.25, -0.2) is 14.6 Å². The van der Waals surface area contributed by atoms with E-state index in [9.17, 15) is 9.59 Å². The van der Waals surface area contributed by atoms with Gasteiger partial charge in [-0.3, -0.25) is 15.1 Å². The second kappa shape index (κ2) is 15.3. The van der Waals surface area contributed by atoms with Crippen molar-refractivity contribution in [3.05, 3.63) is 45.3 Å². The molecule has 9 heteroatoms. The van der Waals surface area contributed by atoms with Crippen LogP contribution < -0.4 is 10.8 Å². The molecule has 0 spiro atoms. The van der Waals surface area contributed by atoms with Gasteiger partial charge in [0.05, 0.1) is 18.4 Å². The lowest BCUT2D eigenvalue weighted by Gasteiger charge is -2.37. The average molecular weight is 640 g/mol. The van der Waals surface area contributed by atoms with Crippen molar-refractivity contribution in [1.29, 1.82) is 0 Å². The van der Waals surface area contributed by atoms with E-state index in [2.05, 4.69) is 64.2 Å². The van der Waals surface area contributed by atoms with Gasteiger partial charge in [-0.15, -0.1) is 0 Å². The lowest BCUT2D eigenvalue weighted by molar-refractivity contribution is -0.341. The van der Waals surface area contributed by atoms with Crippen molar-refractivity contribution in [3.63, 3.8) is 0 Å². The summed E-state index contributed by atoms with van der Waals surface area (Å²) in [5.41, 5.74) is 9.57. The Kier molecular flexibility index (Phi) is 12.0. The molecule has 1 aromatic rings. The minimum absolute atomic E-state index is 0.0532. The van der Waals surface area contributed by atoms with Crippen LogP contribution in [-0.4, -0.2) is 42.3 Å². The molecule has 0 saturated heterocycles. The van der Waals surface area contributed by atoms with Crippen molar-refractivity contribution < 1.29 is 28.9 Å². The first kappa shape index (κ1) is 36.0. The van der Waals surface area contributed by atoms with Gasteiger partial charge in [-0.2, -0.15) is 0 Å². The Morgan fingerprint density at radius 2 is 1.46 bits per heavy atom. The summed E-state index contributed by atoms with van der Waals surface area (Å²) in [6.07, 6.45) is 6.23. The molecule has 1 heterocycles. The molecule has 0 aromatic carbocycles. The fourth-order valence-corrected chi connectivity index (χ4v) is 8.31. The number of esters is 1. The number of nitrogens with one attached hydrogen (secondary N) is 3. The maximum atomic E-state index is 13.8. The van der Waals surface area contributed by atoms with E-state index >= 15 is 0 Å². The Balaban J connectivity index is 1.64. The van der Waals surface area contributed by atoms with Crippen molar-refractivity contribution in [2.24, 2.45) is 35.5 Å². The highest BCUT2D eigenvalue weighted by molar-refractivity contribution is 6.02. The minimum atomic E-state index is -0.417.